The molecule has 1 aliphatic heterocycles. The van der Waals surface area contributed by atoms with Gasteiger partial charge in [0.15, 0.2) is 5.78 Å². The molecule has 1 atom stereocenters. The van der Waals surface area contributed by atoms with Gasteiger partial charge in [0.1, 0.15) is 17.3 Å². The molecule has 3 rings (SSSR count). The van der Waals surface area contributed by atoms with Crippen molar-refractivity contribution in [3.8, 4) is 5.75 Å². The number of benzene rings is 1. The lowest BCUT2D eigenvalue weighted by Gasteiger charge is -2.40. The molecule has 0 aromatic heterocycles. The summed E-state index contributed by atoms with van der Waals surface area (Å²) in [6.07, 6.45) is 2.90. The van der Waals surface area contributed by atoms with E-state index >= 15 is 0 Å². The molecule has 1 heterocycles. The zero-order valence-corrected chi connectivity index (χ0v) is 14.4. The molecule has 0 bridgehead atoms. The van der Waals surface area contributed by atoms with Crippen molar-refractivity contribution < 1.29 is 23.9 Å². The summed E-state index contributed by atoms with van der Waals surface area (Å²) in [5.74, 6) is -2.75. The summed E-state index contributed by atoms with van der Waals surface area (Å²) in [4.78, 5) is 37.4. The minimum absolute atomic E-state index is 0.100. The second kappa shape index (κ2) is 6.07. The van der Waals surface area contributed by atoms with E-state index in [0.29, 0.717) is 24.2 Å². The van der Waals surface area contributed by atoms with Crippen LogP contribution in [0.25, 0.3) is 0 Å². The molecule has 1 aromatic carbocycles. The molecule has 1 unspecified atom stereocenters. The Labute approximate surface area is 142 Å². The molecule has 6 heteroatoms. The van der Waals surface area contributed by atoms with Gasteiger partial charge in [-0.15, -0.1) is 0 Å². The van der Waals surface area contributed by atoms with Crippen LogP contribution < -0.4 is 4.74 Å². The molecular weight excluding hydrogens is 364 g/mol. The van der Waals surface area contributed by atoms with Crippen molar-refractivity contribution >= 4 is 33.5 Å². The number of halogens is 1. The Morgan fingerprint density at radius 2 is 2.04 bits per heavy atom. The van der Waals surface area contributed by atoms with Crippen molar-refractivity contribution in [2.24, 2.45) is 5.92 Å². The molecule has 1 saturated carbocycles. The summed E-state index contributed by atoms with van der Waals surface area (Å²) in [6, 6.07) is 5.08. The number of ether oxygens (including phenoxy) is 2. The van der Waals surface area contributed by atoms with Crippen molar-refractivity contribution in [3.05, 3.63) is 28.2 Å². The van der Waals surface area contributed by atoms with Crippen LogP contribution in [0.15, 0.2) is 22.7 Å². The van der Waals surface area contributed by atoms with E-state index in [2.05, 4.69) is 15.9 Å². The molecule has 0 radical (unpaired) electrons. The summed E-state index contributed by atoms with van der Waals surface area (Å²) in [5, 5.41) is 0. The van der Waals surface area contributed by atoms with Gasteiger partial charge in [-0.3, -0.25) is 9.59 Å². The molecule has 2 aliphatic rings. The number of carbonyl (C=O) groups excluding carboxylic acids is 3. The quantitative estimate of drug-likeness (QED) is 0.457. The minimum Gasteiger partial charge on any atom is -0.485 e. The Kier molecular flexibility index (Phi) is 4.27. The topological polar surface area (TPSA) is 69.7 Å². The lowest BCUT2D eigenvalue weighted by molar-refractivity contribution is -0.157. The zero-order chi connectivity index (χ0) is 16.6. The predicted molar refractivity (Wildman–Crippen MR) is 85.4 cm³/mol. The van der Waals surface area contributed by atoms with Gasteiger partial charge < -0.3 is 9.47 Å². The number of fused-ring (bicyclic) bond motifs is 1. The molecule has 1 aromatic rings. The number of rotatable bonds is 3. The fourth-order valence-electron chi connectivity index (χ4n) is 3.50. The van der Waals surface area contributed by atoms with E-state index in [0.717, 1.165) is 17.3 Å². The summed E-state index contributed by atoms with van der Waals surface area (Å²) >= 11 is 3.36. The van der Waals surface area contributed by atoms with Crippen molar-refractivity contribution in [1.82, 2.24) is 0 Å². The average Bonchev–Trinajstić information content (AvgIpc) is 2.95. The van der Waals surface area contributed by atoms with Crippen LogP contribution in [0.3, 0.4) is 0 Å². The van der Waals surface area contributed by atoms with E-state index in [-0.39, 0.29) is 12.4 Å². The Balaban J connectivity index is 2.05. The lowest BCUT2D eigenvalue weighted by Crippen LogP contribution is -2.54. The normalized spacial score (nSPS) is 21.7. The summed E-state index contributed by atoms with van der Waals surface area (Å²) in [6.45, 7) is 1.73. The number of hydrogen-bond donors (Lipinski definition) is 0. The van der Waals surface area contributed by atoms with Crippen LogP contribution in [0.1, 0.15) is 43.0 Å². The maximum atomic E-state index is 12.9. The van der Waals surface area contributed by atoms with Gasteiger partial charge in [0.05, 0.1) is 12.2 Å². The van der Waals surface area contributed by atoms with Crippen molar-refractivity contribution in [3.63, 3.8) is 0 Å². The second-order valence-electron chi connectivity index (χ2n) is 5.90. The highest BCUT2D eigenvalue weighted by molar-refractivity contribution is 9.10. The van der Waals surface area contributed by atoms with Gasteiger partial charge >= 0.3 is 5.97 Å². The standard InChI is InChI=1S/C17H17BrO5/c1-2-22-16(21)15(20)13-14(19)11-6-5-10(18)9-12(11)23-17(13)7-3-4-8-17/h5-6,9,13H,2-4,7-8H2,1H3. The maximum Gasteiger partial charge on any atom is 0.375 e. The molecule has 0 N–H and O–H groups in total. The SMILES string of the molecule is CCOC(=O)C(=O)C1C(=O)c2ccc(Br)cc2OC12CCCC2. The van der Waals surface area contributed by atoms with E-state index < -0.39 is 23.3 Å². The molecule has 0 saturated heterocycles. The monoisotopic (exact) mass is 380 g/mol. The van der Waals surface area contributed by atoms with Gasteiger partial charge in [-0.2, -0.15) is 0 Å². The Hall–Kier alpha value is -1.69. The maximum absolute atomic E-state index is 12.9. The van der Waals surface area contributed by atoms with Gasteiger partial charge in [0, 0.05) is 4.47 Å². The third kappa shape index (κ3) is 2.69. The highest BCUT2D eigenvalue weighted by Crippen LogP contribution is 2.47. The van der Waals surface area contributed by atoms with Crippen molar-refractivity contribution in [2.75, 3.05) is 6.61 Å². The van der Waals surface area contributed by atoms with E-state index in [1.807, 2.05) is 0 Å². The summed E-state index contributed by atoms with van der Waals surface area (Å²) < 4.78 is 11.7. The summed E-state index contributed by atoms with van der Waals surface area (Å²) in [5.41, 5.74) is -0.581. The van der Waals surface area contributed by atoms with E-state index in [1.165, 1.54) is 0 Å². The fraction of sp³-hybridized carbons (Fsp3) is 0.471. The van der Waals surface area contributed by atoms with Gasteiger partial charge in [0.2, 0.25) is 0 Å². The third-order valence-corrected chi connectivity index (χ3v) is 4.99. The molecular formula is C17H17BrO5. The van der Waals surface area contributed by atoms with Gasteiger partial charge in [-0.1, -0.05) is 15.9 Å². The fourth-order valence-corrected chi connectivity index (χ4v) is 3.84. The largest absolute Gasteiger partial charge is 0.485 e. The number of hydrogen-bond acceptors (Lipinski definition) is 5. The van der Waals surface area contributed by atoms with Gasteiger partial charge in [-0.25, -0.2) is 4.79 Å². The number of carbonyl (C=O) groups is 3. The first-order chi connectivity index (χ1) is 11.0. The molecule has 1 spiro atoms. The van der Waals surface area contributed by atoms with Crippen molar-refractivity contribution in [1.29, 1.82) is 0 Å². The van der Waals surface area contributed by atoms with E-state index in [4.69, 9.17) is 9.47 Å². The number of Topliss-reactive ketones (excluding diaryl/α,β-unsaturated/α-hetero) is 2. The Bertz CT molecular complexity index is 676. The van der Waals surface area contributed by atoms with E-state index in [1.54, 1.807) is 25.1 Å². The first-order valence-electron chi connectivity index (χ1n) is 7.72. The van der Waals surface area contributed by atoms with Crippen LogP contribution in [0, 0.1) is 5.92 Å². The molecule has 1 aliphatic carbocycles. The molecule has 0 amide bonds. The second-order valence-corrected chi connectivity index (χ2v) is 6.81. The van der Waals surface area contributed by atoms with Crippen molar-refractivity contribution in [2.45, 2.75) is 38.2 Å². The average molecular weight is 381 g/mol. The van der Waals surface area contributed by atoms with Gasteiger partial charge in [0.25, 0.3) is 5.78 Å². The number of esters is 1. The van der Waals surface area contributed by atoms with Crippen LogP contribution in [-0.4, -0.2) is 29.7 Å². The van der Waals surface area contributed by atoms with Gasteiger partial charge in [-0.05, 0) is 50.8 Å². The smallest absolute Gasteiger partial charge is 0.375 e. The predicted octanol–water partition coefficient (Wildman–Crippen LogP) is 3.09. The highest BCUT2D eigenvalue weighted by atomic mass is 79.9. The molecule has 5 nitrogen and oxygen atoms in total. The van der Waals surface area contributed by atoms with Crippen LogP contribution >= 0.6 is 15.9 Å². The first-order valence-corrected chi connectivity index (χ1v) is 8.51. The zero-order valence-electron chi connectivity index (χ0n) is 12.8. The molecule has 1 fully saturated rings. The highest BCUT2D eigenvalue weighted by Gasteiger charge is 2.56. The van der Waals surface area contributed by atoms with Crippen LogP contribution in [0.2, 0.25) is 0 Å². The Morgan fingerprint density at radius 1 is 1.35 bits per heavy atom. The lowest BCUT2D eigenvalue weighted by atomic mass is 9.75. The molecule has 23 heavy (non-hydrogen) atoms. The minimum atomic E-state index is -1.11. The molecule has 122 valence electrons. The Morgan fingerprint density at radius 3 is 2.70 bits per heavy atom. The number of ketones is 2. The van der Waals surface area contributed by atoms with Crippen LogP contribution in [-0.2, 0) is 14.3 Å². The summed E-state index contributed by atoms with van der Waals surface area (Å²) in [7, 11) is 0. The third-order valence-electron chi connectivity index (χ3n) is 4.50. The van der Waals surface area contributed by atoms with E-state index in [9.17, 15) is 14.4 Å². The van der Waals surface area contributed by atoms with Crippen LogP contribution in [0.4, 0.5) is 0 Å². The van der Waals surface area contributed by atoms with Crippen LogP contribution in [0.5, 0.6) is 5.75 Å². The first kappa shape index (κ1) is 16.2.